The van der Waals surface area contributed by atoms with E-state index in [1.165, 1.54) is 0 Å². The van der Waals surface area contributed by atoms with Gasteiger partial charge in [0.05, 0.1) is 0 Å². The summed E-state index contributed by atoms with van der Waals surface area (Å²) in [6.07, 6.45) is -0.560. The van der Waals surface area contributed by atoms with Crippen molar-refractivity contribution < 1.29 is 14.6 Å². The van der Waals surface area contributed by atoms with Crippen LogP contribution in [0.15, 0.2) is 29.3 Å². The topological polar surface area (TPSA) is 58.9 Å². The number of aliphatic imine (C=N–C) groups is 1. The van der Waals surface area contributed by atoms with Gasteiger partial charge in [-0.2, -0.15) is 0 Å². The molecular formula is C11H10ClNO3. The summed E-state index contributed by atoms with van der Waals surface area (Å²) in [6, 6.07) is 6.02. The Morgan fingerprint density at radius 1 is 1.44 bits per heavy atom. The van der Waals surface area contributed by atoms with E-state index in [2.05, 4.69) is 4.99 Å². The number of halogens is 1. The van der Waals surface area contributed by atoms with Crippen molar-refractivity contribution in [3.05, 3.63) is 34.9 Å². The van der Waals surface area contributed by atoms with Crippen LogP contribution in [-0.4, -0.2) is 23.0 Å². The third-order valence-electron chi connectivity index (χ3n) is 2.36. The van der Waals surface area contributed by atoms with E-state index in [0.717, 1.165) is 5.56 Å². The number of hydrogen-bond donors (Lipinski definition) is 1. The summed E-state index contributed by atoms with van der Waals surface area (Å²) >= 11 is 5.76. The molecule has 0 fully saturated rings. The van der Waals surface area contributed by atoms with Gasteiger partial charge in [-0.05, 0) is 17.7 Å². The van der Waals surface area contributed by atoms with Crippen LogP contribution in [0.5, 0.6) is 0 Å². The molecule has 0 spiro atoms. The summed E-state index contributed by atoms with van der Waals surface area (Å²) in [4.78, 5) is 14.9. The van der Waals surface area contributed by atoms with E-state index in [1.807, 2.05) is 0 Å². The number of rotatable bonds is 2. The van der Waals surface area contributed by atoms with Crippen molar-refractivity contribution in [1.29, 1.82) is 0 Å². The molecule has 84 valence electrons. The molecule has 0 saturated carbocycles. The second-order valence-electron chi connectivity index (χ2n) is 3.52. The van der Waals surface area contributed by atoms with Gasteiger partial charge >= 0.3 is 5.97 Å². The van der Waals surface area contributed by atoms with E-state index in [0.29, 0.717) is 10.9 Å². The SMILES string of the molecule is CC1=NC(C(=O)O)C(c2ccc(Cl)cc2)O1. The lowest BCUT2D eigenvalue weighted by Gasteiger charge is -2.14. The lowest BCUT2D eigenvalue weighted by Crippen LogP contribution is -2.23. The van der Waals surface area contributed by atoms with E-state index in [-0.39, 0.29) is 0 Å². The maximum absolute atomic E-state index is 11.0. The Morgan fingerprint density at radius 3 is 2.62 bits per heavy atom. The molecule has 0 aromatic heterocycles. The molecule has 1 heterocycles. The van der Waals surface area contributed by atoms with Crippen molar-refractivity contribution in [1.82, 2.24) is 0 Å². The molecule has 0 aliphatic carbocycles. The molecule has 2 atom stereocenters. The Kier molecular flexibility index (Phi) is 2.83. The van der Waals surface area contributed by atoms with E-state index in [1.54, 1.807) is 31.2 Å². The van der Waals surface area contributed by atoms with Crippen molar-refractivity contribution >= 4 is 23.5 Å². The molecule has 0 saturated heterocycles. The normalized spacial score (nSPS) is 23.8. The van der Waals surface area contributed by atoms with E-state index < -0.39 is 18.1 Å². The van der Waals surface area contributed by atoms with Crippen LogP contribution in [0.25, 0.3) is 0 Å². The van der Waals surface area contributed by atoms with Crippen LogP contribution in [0.3, 0.4) is 0 Å². The third-order valence-corrected chi connectivity index (χ3v) is 2.61. The van der Waals surface area contributed by atoms with Gasteiger partial charge in [0.15, 0.2) is 18.0 Å². The molecule has 4 nitrogen and oxygen atoms in total. The average molecular weight is 240 g/mol. The van der Waals surface area contributed by atoms with E-state index >= 15 is 0 Å². The van der Waals surface area contributed by atoms with Crippen molar-refractivity contribution in [3.8, 4) is 0 Å². The van der Waals surface area contributed by atoms with Crippen LogP contribution >= 0.6 is 11.6 Å². The molecule has 1 aromatic carbocycles. The van der Waals surface area contributed by atoms with Gasteiger partial charge in [-0.25, -0.2) is 9.79 Å². The van der Waals surface area contributed by atoms with E-state index in [9.17, 15) is 4.79 Å². The number of ether oxygens (including phenoxy) is 1. The highest BCUT2D eigenvalue weighted by Crippen LogP contribution is 2.29. The van der Waals surface area contributed by atoms with Crippen molar-refractivity contribution in [2.75, 3.05) is 0 Å². The molecule has 1 aromatic rings. The molecule has 0 radical (unpaired) electrons. The first-order valence-electron chi connectivity index (χ1n) is 4.77. The van der Waals surface area contributed by atoms with Gasteiger partial charge in [-0.3, -0.25) is 0 Å². The fourth-order valence-electron chi connectivity index (χ4n) is 1.63. The molecule has 0 amide bonds. The fourth-order valence-corrected chi connectivity index (χ4v) is 1.76. The molecule has 2 unspecified atom stereocenters. The van der Waals surface area contributed by atoms with Crippen molar-refractivity contribution in [2.45, 2.75) is 19.1 Å². The van der Waals surface area contributed by atoms with Gasteiger partial charge in [-0.15, -0.1) is 0 Å². The van der Waals surface area contributed by atoms with Crippen molar-refractivity contribution in [3.63, 3.8) is 0 Å². The summed E-state index contributed by atoms with van der Waals surface area (Å²) in [7, 11) is 0. The summed E-state index contributed by atoms with van der Waals surface area (Å²) in [5.41, 5.74) is 0.761. The monoisotopic (exact) mass is 239 g/mol. The fraction of sp³-hybridized carbons (Fsp3) is 0.273. The molecule has 5 heteroatoms. The van der Waals surface area contributed by atoms with Gasteiger partial charge in [0, 0.05) is 11.9 Å². The Morgan fingerprint density at radius 2 is 2.06 bits per heavy atom. The maximum Gasteiger partial charge on any atom is 0.332 e. The molecule has 1 aliphatic rings. The van der Waals surface area contributed by atoms with Crippen LogP contribution < -0.4 is 0 Å². The number of nitrogens with zero attached hydrogens (tertiary/aromatic N) is 1. The van der Waals surface area contributed by atoms with Gasteiger partial charge in [0.2, 0.25) is 0 Å². The Balaban J connectivity index is 2.28. The third kappa shape index (κ3) is 2.02. The second kappa shape index (κ2) is 4.14. The first-order chi connectivity index (χ1) is 7.58. The zero-order chi connectivity index (χ0) is 11.7. The highest BCUT2D eigenvalue weighted by atomic mass is 35.5. The minimum Gasteiger partial charge on any atom is -0.480 e. The zero-order valence-electron chi connectivity index (χ0n) is 8.55. The van der Waals surface area contributed by atoms with Crippen LogP contribution in [0, 0.1) is 0 Å². The quantitative estimate of drug-likeness (QED) is 0.861. The van der Waals surface area contributed by atoms with Gasteiger partial charge in [0.1, 0.15) is 0 Å². The average Bonchev–Trinajstić information content (AvgIpc) is 2.61. The predicted octanol–water partition coefficient (Wildman–Crippen LogP) is 2.28. The summed E-state index contributed by atoms with van der Waals surface area (Å²) in [6.45, 7) is 1.64. The number of carbonyl (C=O) groups is 1. The van der Waals surface area contributed by atoms with Crippen LogP contribution in [0.2, 0.25) is 5.02 Å². The van der Waals surface area contributed by atoms with Gasteiger partial charge < -0.3 is 9.84 Å². The number of carboxylic acid groups (broad SMARTS) is 1. The number of hydrogen-bond acceptors (Lipinski definition) is 3. The maximum atomic E-state index is 11.0. The molecule has 0 bridgehead atoms. The lowest BCUT2D eigenvalue weighted by atomic mass is 10.0. The minimum absolute atomic E-state index is 0.396. The minimum atomic E-state index is -0.989. The molecule has 1 aliphatic heterocycles. The van der Waals surface area contributed by atoms with Gasteiger partial charge in [-0.1, -0.05) is 23.7 Å². The van der Waals surface area contributed by atoms with Crippen LogP contribution in [0.4, 0.5) is 0 Å². The molecule has 16 heavy (non-hydrogen) atoms. The standard InChI is InChI=1S/C11H10ClNO3/c1-6-13-9(11(14)15)10(16-6)7-2-4-8(12)5-3-7/h2-5,9-10H,1H3,(H,14,15). The summed E-state index contributed by atoms with van der Waals surface area (Å²) < 4.78 is 5.39. The van der Waals surface area contributed by atoms with Crippen LogP contribution in [0.1, 0.15) is 18.6 Å². The Labute approximate surface area is 97.5 Å². The van der Waals surface area contributed by atoms with Crippen molar-refractivity contribution in [2.24, 2.45) is 4.99 Å². The zero-order valence-corrected chi connectivity index (χ0v) is 9.31. The highest BCUT2D eigenvalue weighted by molar-refractivity contribution is 6.30. The summed E-state index contributed by atoms with van der Waals surface area (Å²) in [5, 5.41) is 9.61. The number of aliphatic carboxylic acids is 1. The first-order valence-corrected chi connectivity index (χ1v) is 5.15. The Hall–Kier alpha value is -1.55. The lowest BCUT2D eigenvalue weighted by molar-refractivity contribution is -0.140. The molecule has 2 rings (SSSR count). The predicted molar refractivity (Wildman–Crippen MR) is 59.8 cm³/mol. The molecular weight excluding hydrogens is 230 g/mol. The second-order valence-corrected chi connectivity index (χ2v) is 3.96. The molecule has 1 N–H and O–H groups in total. The Bertz CT molecular complexity index is 441. The summed E-state index contributed by atoms with van der Waals surface area (Å²) in [5.74, 6) is -0.593. The smallest absolute Gasteiger partial charge is 0.332 e. The van der Waals surface area contributed by atoms with E-state index in [4.69, 9.17) is 21.4 Å². The van der Waals surface area contributed by atoms with Crippen LogP contribution in [-0.2, 0) is 9.53 Å². The largest absolute Gasteiger partial charge is 0.480 e. The highest BCUT2D eigenvalue weighted by Gasteiger charge is 2.36. The number of benzene rings is 1. The number of carboxylic acids is 1. The van der Waals surface area contributed by atoms with Gasteiger partial charge in [0.25, 0.3) is 0 Å². The first kappa shape index (κ1) is 11.0.